The normalized spacial score (nSPS) is 12.4. The molecule has 0 saturated carbocycles. The molecule has 2 aromatic heterocycles. The third-order valence-electron chi connectivity index (χ3n) is 2.54. The van der Waals surface area contributed by atoms with E-state index < -0.39 is 0 Å². The summed E-state index contributed by atoms with van der Waals surface area (Å²) in [7, 11) is 1.67. The number of hydrogen-bond donors (Lipinski definition) is 2. The average Bonchev–Trinajstić information content (AvgIpc) is 2.94. The summed E-state index contributed by atoms with van der Waals surface area (Å²) in [6, 6.07) is 1.24. The molecule has 0 saturated heterocycles. The second-order valence-electron chi connectivity index (χ2n) is 3.79. The van der Waals surface area contributed by atoms with Crippen LogP contribution in [0.3, 0.4) is 0 Å². The first-order chi connectivity index (χ1) is 8.50. The maximum Gasteiger partial charge on any atom is 0.268 e. The van der Waals surface area contributed by atoms with Crippen LogP contribution in [0.15, 0.2) is 12.4 Å². The van der Waals surface area contributed by atoms with Crippen LogP contribution in [0.2, 0.25) is 10.2 Å². The van der Waals surface area contributed by atoms with E-state index in [1.54, 1.807) is 14.0 Å². The molecule has 2 aromatic rings. The van der Waals surface area contributed by atoms with Crippen molar-refractivity contribution < 1.29 is 4.79 Å². The zero-order chi connectivity index (χ0) is 13.3. The van der Waals surface area contributed by atoms with Gasteiger partial charge in [-0.05, 0) is 13.0 Å². The van der Waals surface area contributed by atoms with Crippen molar-refractivity contribution in [2.24, 2.45) is 7.05 Å². The number of rotatable bonds is 3. The highest BCUT2D eigenvalue weighted by Crippen LogP contribution is 2.25. The van der Waals surface area contributed by atoms with Crippen molar-refractivity contribution in [1.29, 1.82) is 0 Å². The third-order valence-corrected chi connectivity index (χ3v) is 3.38. The number of carbonyl (C=O) groups excluding carboxylic acids is 1. The van der Waals surface area contributed by atoms with Crippen molar-refractivity contribution in [2.45, 2.75) is 13.0 Å². The smallest absolute Gasteiger partial charge is 0.268 e. The van der Waals surface area contributed by atoms with Gasteiger partial charge in [0.05, 0.1) is 11.1 Å². The van der Waals surface area contributed by atoms with Crippen LogP contribution in [0.4, 0.5) is 0 Å². The number of nitrogens with zero attached hydrogens (tertiary/aromatic N) is 3. The van der Waals surface area contributed by atoms with Crippen molar-refractivity contribution in [3.63, 3.8) is 0 Å². The predicted octanol–water partition coefficient (Wildman–Crippen LogP) is 1.94. The minimum atomic E-state index is -0.285. The van der Waals surface area contributed by atoms with E-state index in [-0.39, 0.29) is 11.9 Å². The van der Waals surface area contributed by atoms with E-state index in [9.17, 15) is 4.79 Å². The lowest BCUT2D eigenvalue weighted by atomic mass is 10.3. The predicted molar refractivity (Wildman–Crippen MR) is 67.7 cm³/mol. The van der Waals surface area contributed by atoms with E-state index in [1.807, 2.05) is 0 Å². The Hall–Kier alpha value is -1.53. The first-order valence-electron chi connectivity index (χ1n) is 5.17. The van der Waals surface area contributed by atoms with Crippen molar-refractivity contribution >= 4 is 29.1 Å². The van der Waals surface area contributed by atoms with E-state index in [4.69, 9.17) is 23.2 Å². The summed E-state index contributed by atoms with van der Waals surface area (Å²) in [6.45, 7) is 1.80. The standard InChI is InChI=1S/C10H11Cl2N5O/c1-5(9-13-4-14-16-9)15-10(18)7-3-6(11)8(12)17(7)2/h3-5H,1-2H3,(H,15,18)(H,13,14,16). The number of nitrogens with one attached hydrogen (secondary N) is 2. The summed E-state index contributed by atoms with van der Waals surface area (Å²) < 4.78 is 1.52. The van der Waals surface area contributed by atoms with E-state index in [0.29, 0.717) is 21.7 Å². The van der Waals surface area contributed by atoms with Crippen LogP contribution >= 0.6 is 23.2 Å². The monoisotopic (exact) mass is 287 g/mol. The van der Waals surface area contributed by atoms with E-state index in [1.165, 1.54) is 17.0 Å². The van der Waals surface area contributed by atoms with Crippen LogP contribution in [-0.2, 0) is 7.05 Å². The number of aromatic nitrogens is 4. The Balaban J connectivity index is 2.15. The van der Waals surface area contributed by atoms with Crippen molar-refractivity contribution in [1.82, 2.24) is 25.1 Å². The zero-order valence-corrected chi connectivity index (χ0v) is 11.2. The fourth-order valence-electron chi connectivity index (χ4n) is 1.52. The largest absolute Gasteiger partial charge is 0.341 e. The van der Waals surface area contributed by atoms with Crippen LogP contribution < -0.4 is 5.32 Å². The molecule has 0 bridgehead atoms. The van der Waals surface area contributed by atoms with Crippen molar-refractivity contribution in [3.8, 4) is 0 Å². The number of aromatic amines is 1. The van der Waals surface area contributed by atoms with E-state index >= 15 is 0 Å². The Morgan fingerprint density at radius 3 is 2.78 bits per heavy atom. The van der Waals surface area contributed by atoms with Gasteiger partial charge in [-0.1, -0.05) is 23.2 Å². The molecule has 0 aliphatic heterocycles. The van der Waals surface area contributed by atoms with Gasteiger partial charge in [0.15, 0.2) is 0 Å². The Labute approximate surface area is 113 Å². The number of H-pyrrole nitrogens is 1. The molecular weight excluding hydrogens is 277 g/mol. The van der Waals surface area contributed by atoms with Gasteiger partial charge in [0.1, 0.15) is 23.0 Å². The zero-order valence-electron chi connectivity index (χ0n) is 9.74. The molecule has 0 aliphatic rings. The summed E-state index contributed by atoms with van der Waals surface area (Å²) in [5.41, 5.74) is 0.386. The molecule has 2 rings (SSSR count). The van der Waals surface area contributed by atoms with Crippen LogP contribution in [0, 0.1) is 0 Å². The molecule has 1 atom stereocenters. The summed E-state index contributed by atoms with van der Waals surface area (Å²) in [5, 5.41) is 9.86. The highest BCUT2D eigenvalue weighted by Gasteiger charge is 2.18. The second kappa shape index (κ2) is 4.99. The van der Waals surface area contributed by atoms with Gasteiger partial charge in [-0.3, -0.25) is 9.89 Å². The average molecular weight is 288 g/mol. The lowest BCUT2D eigenvalue weighted by Gasteiger charge is -2.11. The quantitative estimate of drug-likeness (QED) is 0.906. The van der Waals surface area contributed by atoms with E-state index in [2.05, 4.69) is 20.5 Å². The van der Waals surface area contributed by atoms with Gasteiger partial charge in [0.2, 0.25) is 0 Å². The minimum Gasteiger partial charge on any atom is -0.341 e. The number of hydrogen-bond acceptors (Lipinski definition) is 3. The third kappa shape index (κ3) is 2.34. The van der Waals surface area contributed by atoms with Gasteiger partial charge in [-0.2, -0.15) is 5.10 Å². The molecule has 8 heteroatoms. The Morgan fingerprint density at radius 2 is 2.28 bits per heavy atom. The molecule has 96 valence electrons. The molecule has 1 unspecified atom stereocenters. The molecule has 6 nitrogen and oxygen atoms in total. The minimum absolute atomic E-state index is 0.282. The van der Waals surface area contributed by atoms with Gasteiger partial charge in [0.25, 0.3) is 5.91 Å². The topological polar surface area (TPSA) is 75.6 Å². The maximum atomic E-state index is 12.0. The van der Waals surface area contributed by atoms with Gasteiger partial charge in [0, 0.05) is 7.05 Å². The van der Waals surface area contributed by atoms with Crippen LogP contribution in [-0.4, -0.2) is 25.7 Å². The van der Waals surface area contributed by atoms with E-state index in [0.717, 1.165) is 0 Å². The van der Waals surface area contributed by atoms with Gasteiger partial charge in [-0.15, -0.1) is 0 Å². The maximum absolute atomic E-state index is 12.0. The SMILES string of the molecule is CC(NC(=O)c1cc(Cl)c(Cl)n1C)c1ncn[nH]1. The molecular formula is C10H11Cl2N5O. The molecule has 0 spiro atoms. The fraction of sp³-hybridized carbons (Fsp3) is 0.300. The van der Waals surface area contributed by atoms with Crippen molar-refractivity contribution in [2.75, 3.05) is 0 Å². The molecule has 18 heavy (non-hydrogen) atoms. The number of amides is 1. The highest BCUT2D eigenvalue weighted by atomic mass is 35.5. The van der Waals surface area contributed by atoms with Gasteiger partial charge >= 0.3 is 0 Å². The van der Waals surface area contributed by atoms with Crippen LogP contribution in [0.1, 0.15) is 29.3 Å². The Bertz CT molecular complexity index is 563. The molecule has 0 fully saturated rings. The molecule has 0 aromatic carbocycles. The lowest BCUT2D eigenvalue weighted by molar-refractivity contribution is 0.0930. The molecule has 2 N–H and O–H groups in total. The number of halogens is 2. The Morgan fingerprint density at radius 1 is 1.56 bits per heavy atom. The summed E-state index contributed by atoms with van der Waals surface area (Å²) in [6.07, 6.45) is 1.38. The lowest BCUT2D eigenvalue weighted by Crippen LogP contribution is -2.28. The fourth-order valence-corrected chi connectivity index (χ4v) is 1.90. The molecule has 2 heterocycles. The highest BCUT2D eigenvalue weighted by molar-refractivity contribution is 6.41. The second-order valence-corrected chi connectivity index (χ2v) is 4.56. The first kappa shape index (κ1) is 12.9. The Kier molecular flexibility index (Phi) is 3.58. The molecule has 0 aliphatic carbocycles. The molecule has 0 radical (unpaired) electrons. The number of carbonyl (C=O) groups is 1. The van der Waals surface area contributed by atoms with Gasteiger partial charge in [-0.25, -0.2) is 4.98 Å². The van der Waals surface area contributed by atoms with Crippen LogP contribution in [0.5, 0.6) is 0 Å². The first-order valence-corrected chi connectivity index (χ1v) is 5.93. The summed E-state index contributed by atoms with van der Waals surface area (Å²) in [5.74, 6) is 0.296. The molecule has 1 amide bonds. The summed E-state index contributed by atoms with van der Waals surface area (Å²) in [4.78, 5) is 16.0. The van der Waals surface area contributed by atoms with Crippen molar-refractivity contribution in [3.05, 3.63) is 34.1 Å². The van der Waals surface area contributed by atoms with Gasteiger partial charge < -0.3 is 9.88 Å². The summed E-state index contributed by atoms with van der Waals surface area (Å²) >= 11 is 11.8. The van der Waals surface area contributed by atoms with Crippen LogP contribution in [0.25, 0.3) is 0 Å².